The Balaban J connectivity index is 2.65. The highest BCUT2D eigenvalue weighted by molar-refractivity contribution is 9.10. The van der Waals surface area contributed by atoms with Crippen LogP contribution >= 0.6 is 15.9 Å². The number of hydrogen-bond donors (Lipinski definition) is 2. The zero-order valence-electron chi connectivity index (χ0n) is 9.20. The van der Waals surface area contributed by atoms with Crippen LogP contribution in [0.25, 0.3) is 0 Å². The van der Waals surface area contributed by atoms with E-state index >= 15 is 0 Å². The molecule has 1 aromatic rings. The molecule has 0 aromatic heterocycles. The third-order valence-electron chi connectivity index (χ3n) is 2.32. The lowest BCUT2D eigenvalue weighted by Crippen LogP contribution is -2.28. The first kappa shape index (κ1) is 12.7. The van der Waals surface area contributed by atoms with E-state index in [1.54, 1.807) is 6.92 Å². The van der Waals surface area contributed by atoms with Gasteiger partial charge in [-0.2, -0.15) is 0 Å². The van der Waals surface area contributed by atoms with Crippen molar-refractivity contribution in [2.24, 2.45) is 0 Å². The van der Waals surface area contributed by atoms with Crippen molar-refractivity contribution in [2.45, 2.75) is 32.4 Å². The Morgan fingerprint density at radius 3 is 2.73 bits per heavy atom. The van der Waals surface area contributed by atoms with Crippen LogP contribution in [0.2, 0.25) is 0 Å². The average Bonchev–Trinajstić information content (AvgIpc) is 2.18. The lowest BCUT2D eigenvalue weighted by Gasteiger charge is -2.18. The Morgan fingerprint density at radius 2 is 2.20 bits per heavy atom. The van der Waals surface area contributed by atoms with Crippen molar-refractivity contribution in [3.63, 3.8) is 0 Å². The van der Waals surface area contributed by atoms with Crippen molar-refractivity contribution in [3.05, 3.63) is 34.3 Å². The van der Waals surface area contributed by atoms with Gasteiger partial charge in [0.25, 0.3) is 0 Å². The molecule has 15 heavy (non-hydrogen) atoms. The van der Waals surface area contributed by atoms with Gasteiger partial charge in [0.1, 0.15) is 0 Å². The molecule has 0 aliphatic heterocycles. The number of aliphatic hydroxyl groups excluding tert-OH is 1. The molecule has 2 nitrogen and oxygen atoms in total. The van der Waals surface area contributed by atoms with Crippen molar-refractivity contribution in [1.29, 1.82) is 0 Å². The molecule has 0 amide bonds. The third-order valence-corrected chi connectivity index (χ3v) is 2.81. The quantitative estimate of drug-likeness (QED) is 0.863. The van der Waals surface area contributed by atoms with Crippen LogP contribution in [0.5, 0.6) is 0 Å². The zero-order chi connectivity index (χ0) is 11.3. The van der Waals surface area contributed by atoms with Crippen molar-refractivity contribution in [2.75, 3.05) is 6.54 Å². The molecule has 0 unspecified atom stereocenters. The zero-order valence-corrected chi connectivity index (χ0v) is 10.8. The molecule has 0 fully saturated rings. The van der Waals surface area contributed by atoms with Crippen LogP contribution in [0.15, 0.2) is 28.7 Å². The van der Waals surface area contributed by atoms with Gasteiger partial charge in [-0.05, 0) is 31.0 Å². The molecular formula is C12H18BrNO. The number of hydrogen-bond acceptors (Lipinski definition) is 2. The number of rotatable bonds is 5. The van der Waals surface area contributed by atoms with Gasteiger partial charge in [-0.3, -0.25) is 0 Å². The predicted octanol–water partition coefficient (Wildman–Crippen LogP) is 2.87. The van der Waals surface area contributed by atoms with Gasteiger partial charge < -0.3 is 10.4 Å². The fraction of sp³-hybridized carbons (Fsp3) is 0.500. The molecule has 0 saturated heterocycles. The first-order valence-electron chi connectivity index (χ1n) is 5.30. The van der Waals surface area contributed by atoms with E-state index in [1.807, 2.05) is 12.1 Å². The Labute approximate surface area is 99.8 Å². The van der Waals surface area contributed by atoms with Crippen LogP contribution < -0.4 is 5.32 Å². The van der Waals surface area contributed by atoms with Crippen LogP contribution in [0.3, 0.4) is 0 Å². The van der Waals surface area contributed by atoms with Gasteiger partial charge in [0.05, 0.1) is 6.10 Å². The number of benzene rings is 1. The minimum absolute atomic E-state index is 0.300. The summed E-state index contributed by atoms with van der Waals surface area (Å²) in [6.45, 7) is 4.56. The molecule has 3 heteroatoms. The van der Waals surface area contributed by atoms with E-state index in [2.05, 4.69) is 40.3 Å². The molecule has 0 spiro atoms. The lowest BCUT2D eigenvalue weighted by molar-refractivity contribution is 0.185. The highest BCUT2D eigenvalue weighted by Gasteiger charge is 2.09. The number of aliphatic hydroxyl groups is 1. The van der Waals surface area contributed by atoms with Gasteiger partial charge in [-0.1, -0.05) is 35.0 Å². The second-order valence-electron chi connectivity index (χ2n) is 3.77. The predicted molar refractivity (Wildman–Crippen MR) is 66.9 cm³/mol. The minimum Gasteiger partial charge on any atom is -0.392 e. The van der Waals surface area contributed by atoms with Gasteiger partial charge in [0.2, 0.25) is 0 Å². The average molecular weight is 272 g/mol. The number of nitrogens with one attached hydrogen (secondary N) is 1. The maximum atomic E-state index is 9.23. The summed E-state index contributed by atoms with van der Waals surface area (Å²) in [5.74, 6) is 0. The molecule has 84 valence electrons. The van der Waals surface area contributed by atoms with Gasteiger partial charge >= 0.3 is 0 Å². The van der Waals surface area contributed by atoms with Crippen LogP contribution in [-0.2, 0) is 0 Å². The van der Waals surface area contributed by atoms with Crippen molar-refractivity contribution >= 4 is 15.9 Å². The van der Waals surface area contributed by atoms with E-state index in [9.17, 15) is 5.11 Å². The Bertz CT molecular complexity index is 301. The number of halogens is 1. The topological polar surface area (TPSA) is 32.3 Å². The Morgan fingerprint density at radius 1 is 1.47 bits per heavy atom. The summed E-state index contributed by atoms with van der Waals surface area (Å²) in [5.41, 5.74) is 1.26. The summed E-state index contributed by atoms with van der Waals surface area (Å²) in [6.07, 6.45) is 0.717. The van der Waals surface area contributed by atoms with E-state index in [1.165, 1.54) is 5.56 Å². The molecule has 0 aliphatic rings. The molecule has 1 aromatic carbocycles. The molecule has 2 atom stereocenters. The summed E-state index contributed by atoms with van der Waals surface area (Å²) in [6, 6.07) is 8.59. The largest absolute Gasteiger partial charge is 0.392 e. The summed E-state index contributed by atoms with van der Waals surface area (Å²) >= 11 is 3.46. The Kier molecular flexibility index (Phi) is 5.29. The molecular weight excluding hydrogens is 254 g/mol. The summed E-state index contributed by atoms with van der Waals surface area (Å²) in [4.78, 5) is 0. The lowest BCUT2D eigenvalue weighted by atomic mass is 10.0. The summed E-state index contributed by atoms with van der Waals surface area (Å²) in [5, 5.41) is 12.6. The molecule has 0 heterocycles. The van der Waals surface area contributed by atoms with Gasteiger partial charge in [-0.15, -0.1) is 0 Å². The van der Waals surface area contributed by atoms with Crippen molar-refractivity contribution in [1.82, 2.24) is 5.32 Å². The van der Waals surface area contributed by atoms with E-state index in [-0.39, 0.29) is 6.10 Å². The highest BCUT2D eigenvalue weighted by Crippen LogP contribution is 2.20. The molecule has 0 saturated carbocycles. The van der Waals surface area contributed by atoms with E-state index < -0.39 is 0 Å². The minimum atomic E-state index is -0.300. The molecule has 0 bridgehead atoms. The van der Waals surface area contributed by atoms with Gasteiger partial charge in [0, 0.05) is 17.1 Å². The highest BCUT2D eigenvalue weighted by atomic mass is 79.9. The van der Waals surface area contributed by atoms with Crippen LogP contribution in [-0.4, -0.2) is 17.8 Å². The normalized spacial score (nSPS) is 14.9. The SMILES string of the molecule is CC[C@H](NC[C@@H](C)O)c1cccc(Br)c1. The summed E-state index contributed by atoms with van der Waals surface area (Å²) in [7, 11) is 0. The third kappa shape index (κ3) is 4.33. The fourth-order valence-electron chi connectivity index (χ4n) is 1.53. The molecule has 1 rings (SSSR count). The first-order chi connectivity index (χ1) is 7.13. The standard InChI is InChI=1S/C12H18BrNO/c1-3-12(14-8-9(2)15)10-5-4-6-11(13)7-10/h4-7,9,12,14-15H,3,8H2,1-2H3/t9-,12+/m1/s1. The van der Waals surface area contributed by atoms with E-state index in [0.29, 0.717) is 12.6 Å². The van der Waals surface area contributed by atoms with Crippen LogP contribution in [0.1, 0.15) is 31.9 Å². The second kappa shape index (κ2) is 6.26. The van der Waals surface area contributed by atoms with Gasteiger partial charge in [0.15, 0.2) is 0 Å². The van der Waals surface area contributed by atoms with Crippen LogP contribution in [0.4, 0.5) is 0 Å². The first-order valence-corrected chi connectivity index (χ1v) is 6.09. The van der Waals surface area contributed by atoms with Gasteiger partial charge in [-0.25, -0.2) is 0 Å². The molecule has 0 aliphatic carbocycles. The summed E-state index contributed by atoms with van der Waals surface area (Å²) < 4.78 is 1.09. The second-order valence-corrected chi connectivity index (χ2v) is 4.69. The van der Waals surface area contributed by atoms with E-state index in [0.717, 1.165) is 10.9 Å². The molecule has 2 N–H and O–H groups in total. The molecule has 0 radical (unpaired) electrons. The maximum Gasteiger partial charge on any atom is 0.0636 e. The Hall–Kier alpha value is -0.380. The van der Waals surface area contributed by atoms with Crippen LogP contribution in [0, 0.1) is 0 Å². The monoisotopic (exact) mass is 271 g/mol. The maximum absolute atomic E-state index is 9.23. The fourth-order valence-corrected chi connectivity index (χ4v) is 1.95. The smallest absolute Gasteiger partial charge is 0.0636 e. The van der Waals surface area contributed by atoms with Crippen molar-refractivity contribution < 1.29 is 5.11 Å². The van der Waals surface area contributed by atoms with E-state index in [4.69, 9.17) is 0 Å². The van der Waals surface area contributed by atoms with Crippen molar-refractivity contribution in [3.8, 4) is 0 Å².